The highest BCUT2D eigenvalue weighted by Gasteiger charge is 2.19. The highest BCUT2D eigenvalue weighted by molar-refractivity contribution is 5.77. The van der Waals surface area contributed by atoms with Crippen LogP contribution in [0.3, 0.4) is 0 Å². The molecule has 0 aliphatic heterocycles. The molecule has 0 saturated heterocycles. The van der Waals surface area contributed by atoms with Crippen molar-refractivity contribution in [2.45, 2.75) is 26.3 Å². The predicted molar refractivity (Wildman–Crippen MR) is 132 cm³/mol. The maximum Gasteiger partial charge on any atom is 0.333 e. The molecule has 182 valence electrons. The summed E-state index contributed by atoms with van der Waals surface area (Å²) in [6.07, 6.45) is 4.92. The molecule has 0 unspecified atom stereocenters. The van der Waals surface area contributed by atoms with Gasteiger partial charge in [-0.05, 0) is 46.2 Å². The Morgan fingerprint density at radius 1 is 1.08 bits per heavy atom. The second kappa shape index (κ2) is 9.95. The van der Waals surface area contributed by atoms with Gasteiger partial charge >= 0.3 is 5.69 Å². The zero-order valence-corrected chi connectivity index (χ0v) is 19.8. The fourth-order valence-corrected chi connectivity index (χ4v) is 4.26. The minimum Gasteiger partial charge on any atom is -0.494 e. The summed E-state index contributed by atoms with van der Waals surface area (Å²) in [5, 5.41) is 14.0. The number of para-hydroxylation sites is 1. The molecular formula is C26H24FN7O2. The van der Waals surface area contributed by atoms with Gasteiger partial charge in [-0.1, -0.05) is 49.7 Å². The van der Waals surface area contributed by atoms with Crippen LogP contribution in [-0.4, -0.2) is 41.9 Å². The Kier molecular flexibility index (Phi) is 6.40. The number of aromatic amines is 1. The molecular weight excluding hydrogens is 461 g/mol. The van der Waals surface area contributed by atoms with Crippen LogP contribution in [0.4, 0.5) is 4.39 Å². The first kappa shape index (κ1) is 23.2. The van der Waals surface area contributed by atoms with Crippen molar-refractivity contribution < 1.29 is 9.13 Å². The summed E-state index contributed by atoms with van der Waals surface area (Å²) in [7, 11) is 1.46. The van der Waals surface area contributed by atoms with Gasteiger partial charge in [-0.3, -0.25) is 14.1 Å². The SMILES string of the molecule is CCCc1cn(-c2c(F)cccc2OC)c(=O)n1Cc1ccc(-c2cccnc2-c2nnn[nH]2)cc1. The Morgan fingerprint density at radius 3 is 2.64 bits per heavy atom. The Bertz CT molecular complexity index is 1540. The van der Waals surface area contributed by atoms with Crippen LogP contribution in [0, 0.1) is 5.82 Å². The molecule has 2 aromatic carbocycles. The number of hydrogen-bond donors (Lipinski definition) is 1. The van der Waals surface area contributed by atoms with E-state index in [-0.39, 0.29) is 11.4 Å². The average Bonchev–Trinajstić information content (AvgIpc) is 3.54. The molecule has 10 heteroatoms. The summed E-state index contributed by atoms with van der Waals surface area (Å²) in [4.78, 5) is 17.8. The third-order valence-corrected chi connectivity index (χ3v) is 5.96. The van der Waals surface area contributed by atoms with Crippen LogP contribution >= 0.6 is 0 Å². The first-order valence-electron chi connectivity index (χ1n) is 11.5. The number of tetrazole rings is 1. The summed E-state index contributed by atoms with van der Waals surface area (Å²) in [6, 6.07) is 16.2. The van der Waals surface area contributed by atoms with Gasteiger partial charge in [0.25, 0.3) is 0 Å². The number of aromatic nitrogens is 7. The first-order chi connectivity index (χ1) is 17.6. The fraction of sp³-hybridized carbons (Fsp3) is 0.192. The van der Waals surface area contributed by atoms with Gasteiger partial charge in [0.15, 0.2) is 11.6 Å². The molecule has 0 spiro atoms. The van der Waals surface area contributed by atoms with Crippen molar-refractivity contribution in [3.63, 3.8) is 0 Å². The maximum atomic E-state index is 14.7. The van der Waals surface area contributed by atoms with Crippen molar-refractivity contribution in [1.29, 1.82) is 0 Å². The maximum absolute atomic E-state index is 14.7. The minimum absolute atomic E-state index is 0.113. The molecule has 0 amide bonds. The number of benzene rings is 2. The number of ether oxygens (including phenoxy) is 1. The lowest BCUT2D eigenvalue weighted by molar-refractivity contribution is 0.408. The van der Waals surface area contributed by atoms with E-state index in [0.717, 1.165) is 28.8 Å². The highest BCUT2D eigenvalue weighted by Crippen LogP contribution is 2.28. The van der Waals surface area contributed by atoms with Gasteiger partial charge in [0, 0.05) is 23.7 Å². The summed E-state index contributed by atoms with van der Waals surface area (Å²) in [5.41, 5.74) is 4.01. The molecule has 5 rings (SSSR count). The van der Waals surface area contributed by atoms with Crippen LogP contribution in [0.15, 0.2) is 71.8 Å². The largest absolute Gasteiger partial charge is 0.494 e. The molecule has 0 saturated carbocycles. The van der Waals surface area contributed by atoms with Gasteiger partial charge in [0.2, 0.25) is 0 Å². The predicted octanol–water partition coefficient (Wildman–Crippen LogP) is 4.03. The number of nitrogens with zero attached hydrogens (tertiary/aromatic N) is 6. The topological polar surface area (TPSA) is 104 Å². The monoisotopic (exact) mass is 485 g/mol. The van der Waals surface area contributed by atoms with Gasteiger partial charge in [-0.15, -0.1) is 5.10 Å². The lowest BCUT2D eigenvalue weighted by atomic mass is 10.0. The molecule has 3 heterocycles. The third-order valence-electron chi connectivity index (χ3n) is 5.96. The van der Waals surface area contributed by atoms with Gasteiger partial charge in [-0.25, -0.2) is 14.3 Å². The number of H-pyrrole nitrogens is 1. The van der Waals surface area contributed by atoms with Crippen LogP contribution in [0.2, 0.25) is 0 Å². The second-order valence-corrected chi connectivity index (χ2v) is 8.25. The number of methoxy groups -OCH3 is 1. The van der Waals surface area contributed by atoms with Crippen LogP contribution in [0.1, 0.15) is 24.6 Å². The summed E-state index contributed by atoms with van der Waals surface area (Å²) in [6.45, 7) is 2.39. The molecule has 9 nitrogen and oxygen atoms in total. The Balaban J connectivity index is 1.50. The van der Waals surface area contributed by atoms with Crippen LogP contribution in [0.5, 0.6) is 5.75 Å². The number of hydrogen-bond acceptors (Lipinski definition) is 6. The highest BCUT2D eigenvalue weighted by atomic mass is 19.1. The van der Waals surface area contributed by atoms with E-state index in [2.05, 4.69) is 25.6 Å². The summed E-state index contributed by atoms with van der Waals surface area (Å²) >= 11 is 0. The Labute approximate surface area is 206 Å². The summed E-state index contributed by atoms with van der Waals surface area (Å²) < 4.78 is 23.1. The summed E-state index contributed by atoms with van der Waals surface area (Å²) in [5.74, 6) is 0.265. The molecule has 3 aromatic heterocycles. The van der Waals surface area contributed by atoms with E-state index in [1.54, 1.807) is 29.1 Å². The standard InChI is InChI=1S/C26H24FN7O2/c1-3-6-19-16-34(24-21(27)8-4-9-22(24)36-2)26(35)33(19)15-17-10-12-18(13-11-17)20-7-5-14-28-23(20)25-29-31-32-30-25/h4-5,7-14,16H,3,6,15H2,1-2H3,(H,29,30,31,32). The number of rotatable bonds is 8. The van der Waals surface area contributed by atoms with Gasteiger partial charge in [0.05, 0.1) is 13.7 Å². The first-order valence-corrected chi connectivity index (χ1v) is 11.5. The van der Waals surface area contributed by atoms with Crippen molar-refractivity contribution in [2.24, 2.45) is 0 Å². The van der Waals surface area contributed by atoms with Crippen LogP contribution in [0.25, 0.3) is 28.3 Å². The molecule has 0 fully saturated rings. The molecule has 1 N–H and O–H groups in total. The zero-order chi connectivity index (χ0) is 25.1. The molecule has 5 aromatic rings. The lowest BCUT2D eigenvalue weighted by Gasteiger charge is -2.10. The number of aryl methyl sites for hydroxylation is 1. The Morgan fingerprint density at radius 2 is 1.92 bits per heavy atom. The van der Waals surface area contributed by atoms with E-state index in [1.165, 1.54) is 17.7 Å². The number of pyridine rings is 1. The third kappa shape index (κ3) is 4.28. The van der Waals surface area contributed by atoms with E-state index in [9.17, 15) is 9.18 Å². The van der Waals surface area contributed by atoms with E-state index in [4.69, 9.17) is 4.74 Å². The molecule has 36 heavy (non-hydrogen) atoms. The number of imidazole rings is 1. The zero-order valence-electron chi connectivity index (χ0n) is 19.8. The number of halogens is 1. The molecule has 0 radical (unpaired) electrons. The quantitative estimate of drug-likeness (QED) is 0.356. The van der Waals surface area contributed by atoms with Crippen molar-refractivity contribution in [2.75, 3.05) is 7.11 Å². The minimum atomic E-state index is -0.518. The molecule has 0 bridgehead atoms. The van der Waals surface area contributed by atoms with Gasteiger partial charge in [0.1, 0.15) is 17.1 Å². The smallest absolute Gasteiger partial charge is 0.333 e. The van der Waals surface area contributed by atoms with E-state index in [1.807, 2.05) is 43.3 Å². The molecule has 0 aliphatic rings. The van der Waals surface area contributed by atoms with Crippen LogP contribution in [-0.2, 0) is 13.0 Å². The van der Waals surface area contributed by atoms with E-state index in [0.29, 0.717) is 30.2 Å². The van der Waals surface area contributed by atoms with Crippen molar-refractivity contribution in [3.05, 3.63) is 94.5 Å². The normalized spacial score (nSPS) is 11.1. The second-order valence-electron chi connectivity index (χ2n) is 8.25. The van der Waals surface area contributed by atoms with Gasteiger partial charge in [-0.2, -0.15) is 0 Å². The van der Waals surface area contributed by atoms with E-state index >= 15 is 0 Å². The molecule has 0 atom stereocenters. The Hall–Kier alpha value is -4.60. The van der Waals surface area contributed by atoms with Gasteiger partial charge < -0.3 is 4.74 Å². The average molecular weight is 486 g/mol. The molecule has 0 aliphatic carbocycles. The van der Waals surface area contributed by atoms with E-state index < -0.39 is 5.82 Å². The van der Waals surface area contributed by atoms with Crippen molar-refractivity contribution in [3.8, 4) is 34.1 Å². The van der Waals surface area contributed by atoms with Crippen LogP contribution < -0.4 is 10.4 Å². The van der Waals surface area contributed by atoms with Crippen molar-refractivity contribution in [1.82, 2.24) is 34.7 Å². The lowest BCUT2D eigenvalue weighted by Crippen LogP contribution is -2.25. The fourth-order valence-electron chi connectivity index (χ4n) is 4.26. The van der Waals surface area contributed by atoms with Crippen molar-refractivity contribution >= 4 is 0 Å². The number of nitrogens with one attached hydrogen (secondary N) is 1.